The molecule has 0 unspecified atom stereocenters. The van der Waals surface area contributed by atoms with E-state index in [-0.39, 0.29) is 5.91 Å². The van der Waals surface area contributed by atoms with E-state index in [0.29, 0.717) is 16.9 Å². The monoisotopic (exact) mass is 405 g/mol. The lowest BCUT2D eigenvalue weighted by Gasteiger charge is -2.13. The molecule has 0 saturated heterocycles. The van der Waals surface area contributed by atoms with Gasteiger partial charge in [-0.05, 0) is 56.3 Å². The Morgan fingerprint density at radius 1 is 1.03 bits per heavy atom. The summed E-state index contributed by atoms with van der Waals surface area (Å²) in [7, 11) is 2.93. The molecule has 0 fully saturated rings. The highest BCUT2D eigenvalue weighted by molar-refractivity contribution is 5.95. The van der Waals surface area contributed by atoms with Crippen molar-refractivity contribution < 1.29 is 19.1 Å². The molecular formula is C23H23N3O4. The van der Waals surface area contributed by atoms with Crippen molar-refractivity contribution in [3.8, 4) is 11.4 Å². The molecule has 1 amide bonds. The Morgan fingerprint density at radius 3 is 2.40 bits per heavy atom. The lowest BCUT2D eigenvalue weighted by molar-refractivity contribution is 0.0600. The standard InChI is InChI=1S/C23H23N3O4/c1-15-13-18(14-24-25-22(27)17-9-11-19(29-3)12-10-17)16(2)26(15)21-8-6-5-7-20(21)23(28)30-4/h5-14H,1-4H3,(H,25,27)/b24-14-. The summed E-state index contributed by atoms with van der Waals surface area (Å²) in [6.07, 6.45) is 1.58. The number of para-hydroxylation sites is 1. The van der Waals surface area contributed by atoms with E-state index in [1.807, 2.05) is 36.6 Å². The third-order valence-electron chi connectivity index (χ3n) is 4.74. The number of carbonyl (C=O) groups excluding carboxylic acids is 2. The highest BCUT2D eigenvalue weighted by atomic mass is 16.5. The lowest BCUT2D eigenvalue weighted by Crippen LogP contribution is -2.17. The topological polar surface area (TPSA) is 81.9 Å². The van der Waals surface area contributed by atoms with Crippen LogP contribution in [-0.4, -0.2) is 36.9 Å². The number of amides is 1. The molecule has 7 heteroatoms. The maximum Gasteiger partial charge on any atom is 0.339 e. The van der Waals surface area contributed by atoms with Crippen LogP contribution in [0.2, 0.25) is 0 Å². The summed E-state index contributed by atoms with van der Waals surface area (Å²) in [6.45, 7) is 3.86. The fraction of sp³-hybridized carbons (Fsp3) is 0.174. The van der Waals surface area contributed by atoms with Gasteiger partial charge in [0.25, 0.3) is 5.91 Å². The molecule has 1 N–H and O–H groups in total. The number of hydrogen-bond acceptors (Lipinski definition) is 5. The summed E-state index contributed by atoms with van der Waals surface area (Å²) in [5, 5.41) is 4.08. The normalized spacial score (nSPS) is 10.8. The number of ether oxygens (including phenoxy) is 2. The van der Waals surface area contributed by atoms with Gasteiger partial charge in [-0.1, -0.05) is 12.1 Å². The first-order valence-electron chi connectivity index (χ1n) is 9.30. The average Bonchev–Trinajstić information content (AvgIpc) is 3.06. The first-order valence-corrected chi connectivity index (χ1v) is 9.30. The van der Waals surface area contributed by atoms with E-state index in [1.54, 1.807) is 49.7 Å². The first kappa shape index (κ1) is 20.9. The second-order valence-corrected chi connectivity index (χ2v) is 6.60. The Bertz CT molecular complexity index is 1100. The van der Waals surface area contributed by atoms with Crippen LogP contribution in [0, 0.1) is 13.8 Å². The van der Waals surface area contributed by atoms with Crippen LogP contribution in [0.15, 0.2) is 59.7 Å². The van der Waals surface area contributed by atoms with Crippen LogP contribution in [0.25, 0.3) is 5.69 Å². The number of rotatable bonds is 6. The fourth-order valence-corrected chi connectivity index (χ4v) is 3.21. The van der Waals surface area contributed by atoms with Crippen LogP contribution in [0.4, 0.5) is 0 Å². The summed E-state index contributed by atoms with van der Waals surface area (Å²) in [5.74, 6) is -0.0476. The number of aryl methyl sites for hydroxylation is 1. The zero-order chi connectivity index (χ0) is 21.7. The van der Waals surface area contributed by atoms with E-state index in [1.165, 1.54) is 7.11 Å². The van der Waals surface area contributed by atoms with Crippen molar-refractivity contribution in [2.24, 2.45) is 5.10 Å². The van der Waals surface area contributed by atoms with E-state index in [4.69, 9.17) is 9.47 Å². The minimum atomic E-state index is -0.403. The number of nitrogens with zero attached hydrogens (tertiary/aromatic N) is 2. The van der Waals surface area contributed by atoms with Gasteiger partial charge in [0, 0.05) is 22.5 Å². The minimum Gasteiger partial charge on any atom is -0.497 e. The summed E-state index contributed by atoms with van der Waals surface area (Å²) in [6, 6.07) is 15.9. The maximum absolute atomic E-state index is 12.2. The predicted molar refractivity (Wildman–Crippen MR) is 115 cm³/mol. The van der Waals surface area contributed by atoms with Crippen molar-refractivity contribution in [3.63, 3.8) is 0 Å². The minimum absolute atomic E-state index is 0.321. The molecule has 0 aliphatic carbocycles. The van der Waals surface area contributed by atoms with E-state index in [0.717, 1.165) is 22.6 Å². The van der Waals surface area contributed by atoms with E-state index in [2.05, 4.69) is 10.5 Å². The molecule has 7 nitrogen and oxygen atoms in total. The molecule has 0 saturated carbocycles. The van der Waals surface area contributed by atoms with Gasteiger partial charge in [0.2, 0.25) is 0 Å². The molecule has 0 spiro atoms. The molecule has 30 heavy (non-hydrogen) atoms. The Kier molecular flexibility index (Phi) is 6.32. The van der Waals surface area contributed by atoms with E-state index >= 15 is 0 Å². The third-order valence-corrected chi connectivity index (χ3v) is 4.74. The van der Waals surface area contributed by atoms with E-state index < -0.39 is 5.97 Å². The van der Waals surface area contributed by atoms with Gasteiger partial charge in [0.15, 0.2) is 0 Å². The van der Waals surface area contributed by atoms with Crippen LogP contribution in [0.1, 0.15) is 37.7 Å². The Balaban J connectivity index is 1.82. The second kappa shape index (κ2) is 9.09. The highest BCUT2D eigenvalue weighted by Crippen LogP contribution is 2.23. The largest absolute Gasteiger partial charge is 0.497 e. The van der Waals surface area contributed by atoms with Crippen LogP contribution >= 0.6 is 0 Å². The average molecular weight is 405 g/mol. The molecule has 154 valence electrons. The molecule has 0 radical (unpaired) electrons. The third kappa shape index (κ3) is 4.25. The molecule has 0 atom stereocenters. The molecule has 2 aromatic carbocycles. The Labute approximate surface area is 174 Å². The van der Waals surface area contributed by atoms with Crippen molar-refractivity contribution in [1.29, 1.82) is 0 Å². The zero-order valence-corrected chi connectivity index (χ0v) is 17.3. The number of esters is 1. The highest BCUT2D eigenvalue weighted by Gasteiger charge is 2.17. The van der Waals surface area contributed by atoms with Crippen molar-refractivity contribution in [2.45, 2.75) is 13.8 Å². The molecular weight excluding hydrogens is 382 g/mol. The van der Waals surface area contributed by atoms with Crippen molar-refractivity contribution in [1.82, 2.24) is 9.99 Å². The number of aromatic nitrogens is 1. The first-order chi connectivity index (χ1) is 14.5. The van der Waals surface area contributed by atoms with Gasteiger partial charge in [0.05, 0.1) is 31.7 Å². The number of hydrogen-bond donors (Lipinski definition) is 1. The predicted octanol–water partition coefficient (Wildman–Crippen LogP) is 3.65. The van der Waals surface area contributed by atoms with Gasteiger partial charge < -0.3 is 14.0 Å². The van der Waals surface area contributed by atoms with Crippen LogP contribution in [-0.2, 0) is 4.74 Å². The molecule has 1 heterocycles. The molecule has 0 bridgehead atoms. The summed E-state index contributed by atoms with van der Waals surface area (Å²) in [4.78, 5) is 24.4. The summed E-state index contributed by atoms with van der Waals surface area (Å²) < 4.78 is 11.9. The molecule has 0 aliphatic rings. The van der Waals surface area contributed by atoms with Gasteiger partial charge in [-0.25, -0.2) is 10.2 Å². The van der Waals surface area contributed by atoms with Crippen LogP contribution in [0.5, 0.6) is 5.75 Å². The number of nitrogens with one attached hydrogen (secondary N) is 1. The van der Waals surface area contributed by atoms with Gasteiger partial charge in [-0.2, -0.15) is 5.10 Å². The molecule has 3 rings (SSSR count). The lowest BCUT2D eigenvalue weighted by atomic mass is 10.1. The van der Waals surface area contributed by atoms with E-state index in [9.17, 15) is 9.59 Å². The Morgan fingerprint density at radius 2 is 1.73 bits per heavy atom. The van der Waals surface area contributed by atoms with Crippen molar-refractivity contribution in [3.05, 3.63) is 82.7 Å². The van der Waals surface area contributed by atoms with Crippen molar-refractivity contribution in [2.75, 3.05) is 14.2 Å². The molecule has 0 aliphatic heterocycles. The van der Waals surface area contributed by atoms with Gasteiger partial charge >= 0.3 is 5.97 Å². The van der Waals surface area contributed by atoms with Crippen LogP contribution in [0.3, 0.4) is 0 Å². The smallest absolute Gasteiger partial charge is 0.339 e. The quantitative estimate of drug-likeness (QED) is 0.386. The number of hydrazone groups is 1. The van der Waals surface area contributed by atoms with Crippen LogP contribution < -0.4 is 10.2 Å². The summed E-state index contributed by atoms with van der Waals surface area (Å²) in [5.41, 5.74) is 6.82. The number of carbonyl (C=O) groups is 2. The van der Waals surface area contributed by atoms with Gasteiger partial charge in [0.1, 0.15) is 5.75 Å². The van der Waals surface area contributed by atoms with Gasteiger partial charge in [-0.3, -0.25) is 4.79 Å². The fourth-order valence-electron chi connectivity index (χ4n) is 3.21. The second-order valence-electron chi connectivity index (χ2n) is 6.60. The van der Waals surface area contributed by atoms with Gasteiger partial charge in [-0.15, -0.1) is 0 Å². The summed E-state index contributed by atoms with van der Waals surface area (Å²) >= 11 is 0. The zero-order valence-electron chi connectivity index (χ0n) is 17.3. The number of benzene rings is 2. The Hall–Kier alpha value is -3.87. The molecule has 1 aromatic heterocycles. The number of methoxy groups -OCH3 is 2. The van der Waals surface area contributed by atoms with Crippen molar-refractivity contribution >= 4 is 18.1 Å². The maximum atomic E-state index is 12.2. The molecule has 3 aromatic rings. The SMILES string of the molecule is COC(=O)c1ccccc1-n1c(C)cc(/C=N\NC(=O)c2ccc(OC)cc2)c1C.